The molecule has 3 atom stereocenters. The van der Waals surface area contributed by atoms with Crippen molar-refractivity contribution in [3.05, 3.63) is 12.7 Å². The molecule has 12 nitrogen and oxygen atoms in total. The fraction of sp³-hybridized carbons (Fsp3) is 0.500. The summed E-state index contributed by atoms with van der Waals surface area (Å²) in [5, 5.41) is 0. The van der Waals surface area contributed by atoms with Crippen LogP contribution in [0.5, 0.6) is 0 Å². The molecule has 3 unspecified atom stereocenters. The maximum Gasteiger partial charge on any atom is 0.322 e. The van der Waals surface area contributed by atoms with Gasteiger partial charge in [0.05, 0.1) is 19.0 Å². The quantitative estimate of drug-likeness (QED) is 0.362. The molecule has 0 amide bonds. The van der Waals surface area contributed by atoms with E-state index in [1.807, 2.05) is 0 Å². The zero-order chi connectivity index (χ0) is 19.1. The van der Waals surface area contributed by atoms with E-state index in [0.717, 1.165) is 0 Å². The number of anilines is 1. The molecular formula is C10H15N5O7P2S2. The van der Waals surface area contributed by atoms with Crippen LogP contribution in [0.2, 0.25) is 0 Å². The van der Waals surface area contributed by atoms with Crippen LogP contribution in [0.4, 0.5) is 5.82 Å². The molecule has 1 aliphatic heterocycles. The van der Waals surface area contributed by atoms with Crippen LogP contribution < -0.4 is 5.73 Å². The molecule has 1 saturated heterocycles. The van der Waals surface area contributed by atoms with Crippen LogP contribution in [0, 0.1) is 0 Å². The van der Waals surface area contributed by atoms with Crippen molar-refractivity contribution in [2.45, 2.75) is 24.9 Å². The Morgan fingerprint density at radius 3 is 2.62 bits per heavy atom. The Bertz CT molecular complexity index is 901. The van der Waals surface area contributed by atoms with Gasteiger partial charge in [-0.15, -0.1) is 0 Å². The lowest BCUT2D eigenvalue weighted by molar-refractivity contribution is -0.0374. The molecular weight excluding hydrogens is 428 g/mol. The van der Waals surface area contributed by atoms with Gasteiger partial charge in [-0.05, 0) is 23.6 Å². The largest absolute Gasteiger partial charge is 0.382 e. The van der Waals surface area contributed by atoms with Crippen LogP contribution in [-0.4, -0.2) is 57.9 Å². The number of hydrogen-bond donors (Lipinski definition) is 5. The number of aromatic nitrogens is 4. The Kier molecular flexibility index (Phi) is 5.74. The summed E-state index contributed by atoms with van der Waals surface area (Å²) >= 11 is 8.90. The average Bonchev–Trinajstić information content (AvgIpc) is 3.07. The number of rotatable bonds is 6. The lowest BCUT2D eigenvalue weighted by atomic mass is 10.2. The second-order valence-corrected chi connectivity index (χ2v) is 10.7. The van der Waals surface area contributed by atoms with Gasteiger partial charge in [0, 0.05) is 6.42 Å². The molecule has 16 heteroatoms. The number of nitrogens with zero attached hydrogens (tertiary/aromatic N) is 4. The third kappa shape index (κ3) is 4.80. The number of nitrogens with two attached hydrogens (primary N) is 1. The molecule has 6 N–H and O–H groups in total. The molecule has 3 rings (SSSR count). The predicted octanol–water partition coefficient (Wildman–Crippen LogP) is -0.484. The van der Waals surface area contributed by atoms with Crippen molar-refractivity contribution < 1.29 is 33.4 Å². The first-order chi connectivity index (χ1) is 12.0. The number of ether oxygens (including phenoxy) is 1. The van der Waals surface area contributed by atoms with E-state index in [1.165, 1.54) is 12.7 Å². The zero-order valence-corrected chi connectivity index (χ0v) is 16.3. The first-order valence-electron chi connectivity index (χ1n) is 7.06. The van der Waals surface area contributed by atoms with Crippen LogP contribution in [-0.2, 0) is 37.4 Å². The molecule has 0 saturated carbocycles. The second kappa shape index (κ2) is 7.41. The van der Waals surface area contributed by atoms with E-state index in [0.29, 0.717) is 11.2 Å². The van der Waals surface area contributed by atoms with E-state index in [-0.39, 0.29) is 18.8 Å². The topological polar surface area (TPSA) is 178 Å². The van der Waals surface area contributed by atoms with Crippen LogP contribution in [0.25, 0.3) is 11.2 Å². The van der Waals surface area contributed by atoms with Gasteiger partial charge in [0.15, 0.2) is 11.5 Å². The summed E-state index contributed by atoms with van der Waals surface area (Å²) < 4.78 is 17.2. The third-order valence-corrected chi connectivity index (χ3v) is 5.16. The normalized spacial score (nSPS) is 24.4. The third-order valence-electron chi connectivity index (χ3n) is 3.56. The van der Waals surface area contributed by atoms with Gasteiger partial charge in [-0.3, -0.25) is 4.57 Å². The van der Waals surface area contributed by atoms with Gasteiger partial charge in [0.2, 0.25) is 0 Å². The lowest BCUT2D eigenvalue weighted by Gasteiger charge is -2.21. The Balaban J connectivity index is 1.85. The van der Waals surface area contributed by atoms with Crippen molar-refractivity contribution in [3.8, 4) is 0 Å². The van der Waals surface area contributed by atoms with Crippen molar-refractivity contribution in [2.75, 3.05) is 12.3 Å². The van der Waals surface area contributed by atoms with Gasteiger partial charge in [0.1, 0.15) is 24.2 Å². The Morgan fingerprint density at radius 2 is 1.96 bits per heavy atom. The van der Waals surface area contributed by atoms with Crippen LogP contribution >= 0.6 is 13.4 Å². The van der Waals surface area contributed by atoms with Crippen LogP contribution in [0.15, 0.2) is 12.7 Å². The van der Waals surface area contributed by atoms with Crippen molar-refractivity contribution >= 4 is 54.0 Å². The van der Waals surface area contributed by atoms with Crippen molar-refractivity contribution in [3.63, 3.8) is 0 Å². The number of hydrogen-bond acceptors (Lipinski definition) is 9. The minimum absolute atomic E-state index is 0.142. The maximum atomic E-state index is 9.44. The van der Waals surface area contributed by atoms with E-state index in [1.54, 1.807) is 4.57 Å². The smallest absolute Gasteiger partial charge is 0.322 e. The number of imidazole rings is 1. The summed E-state index contributed by atoms with van der Waals surface area (Å²) in [5.41, 5.74) is 6.54. The first kappa shape index (κ1) is 20.1. The SMILES string of the molecule is Nc1ncnc2c1ncn2C1CC(OP(O)(O)=S)C(COP(O)(O)=S)O1. The lowest BCUT2D eigenvalue weighted by Crippen LogP contribution is -2.28. The summed E-state index contributed by atoms with van der Waals surface area (Å²) in [7, 11) is 0. The molecule has 0 radical (unpaired) electrons. The van der Waals surface area contributed by atoms with Gasteiger partial charge in [-0.2, -0.15) is 0 Å². The Hall–Kier alpha value is -0.630. The molecule has 2 aromatic rings. The fourth-order valence-corrected chi connectivity index (χ4v) is 3.99. The summed E-state index contributed by atoms with van der Waals surface area (Å²) in [6.07, 6.45) is 0.400. The number of nitrogen functional groups attached to an aromatic ring is 1. The molecule has 1 aliphatic rings. The molecule has 144 valence electrons. The highest BCUT2D eigenvalue weighted by Crippen LogP contribution is 2.45. The van der Waals surface area contributed by atoms with Gasteiger partial charge in [-0.25, -0.2) is 15.0 Å². The monoisotopic (exact) mass is 443 g/mol. The van der Waals surface area contributed by atoms with Crippen molar-refractivity contribution in [1.82, 2.24) is 19.5 Å². The second-order valence-electron chi connectivity index (χ2n) is 5.37. The summed E-state index contributed by atoms with van der Waals surface area (Å²) in [6, 6.07) is 0. The molecule has 3 heterocycles. The summed E-state index contributed by atoms with van der Waals surface area (Å²) in [5.74, 6) is 0.196. The van der Waals surface area contributed by atoms with Crippen LogP contribution in [0.1, 0.15) is 12.6 Å². The highest BCUT2D eigenvalue weighted by Gasteiger charge is 2.41. The molecule has 1 fully saturated rings. The molecule has 0 aliphatic carbocycles. The van der Waals surface area contributed by atoms with Crippen LogP contribution in [0.3, 0.4) is 0 Å². The standard InChI is InChI=1S/C10H15N5O7P2S2/c11-9-8-10(13-3-12-9)15(4-14-8)7-1-5(22-24(18,19)26)6(21-7)2-20-23(16,17)25/h3-7H,1-2H2,(H2,11,12,13)(H2,16,17,25)(H2,18,19,26). The first-order valence-corrected chi connectivity index (χ1v) is 12.3. The van der Waals surface area contributed by atoms with Gasteiger partial charge < -0.3 is 39.1 Å². The average molecular weight is 443 g/mol. The summed E-state index contributed by atoms with van der Waals surface area (Å²) in [4.78, 5) is 49.4. The maximum absolute atomic E-state index is 9.44. The minimum atomic E-state index is -3.99. The van der Waals surface area contributed by atoms with Gasteiger partial charge >= 0.3 is 13.4 Å². The predicted molar refractivity (Wildman–Crippen MR) is 96.5 cm³/mol. The van der Waals surface area contributed by atoms with E-state index < -0.39 is 31.9 Å². The fourth-order valence-electron chi connectivity index (χ4n) is 2.56. The van der Waals surface area contributed by atoms with Crippen molar-refractivity contribution in [1.29, 1.82) is 0 Å². The van der Waals surface area contributed by atoms with Gasteiger partial charge in [-0.1, -0.05) is 0 Å². The van der Waals surface area contributed by atoms with E-state index in [2.05, 4.69) is 38.6 Å². The zero-order valence-electron chi connectivity index (χ0n) is 12.9. The minimum Gasteiger partial charge on any atom is -0.382 e. The van der Waals surface area contributed by atoms with E-state index in [4.69, 9.17) is 19.5 Å². The Morgan fingerprint density at radius 1 is 1.23 bits per heavy atom. The highest BCUT2D eigenvalue weighted by molar-refractivity contribution is 8.07. The molecule has 0 spiro atoms. The van der Waals surface area contributed by atoms with Crippen molar-refractivity contribution in [2.24, 2.45) is 0 Å². The highest BCUT2D eigenvalue weighted by atomic mass is 32.5. The molecule has 26 heavy (non-hydrogen) atoms. The van der Waals surface area contributed by atoms with E-state index in [9.17, 15) is 19.6 Å². The molecule has 2 aromatic heterocycles. The van der Waals surface area contributed by atoms with E-state index >= 15 is 0 Å². The Labute approximate surface area is 157 Å². The molecule has 0 aromatic carbocycles. The number of fused-ring (bicyclic) bond motifs is 1. The van der Waals surface area contributed by atoms with Gasteiger partial charge in [0.25, 0.3) is 0 Å². The molecule has 0 bridgehead atoms. The summed E-state index contributed by atoms with van der Waals surface area (Å²) in [6.45, 7) is -8.26.